The van der Waals surface area contributed by atoms with Crippen molar-refractivity contribution in [3.8, 4) is 11.6 Å². The van der Waals surface area contributed by atoms with Gasteiger partial charge in [0.2, 0.25) is 39.3 Å². The van der Waals surface area contributed by atoms with Crippen molar-refractivity contribution in [3.05, 3.63) is 30.4 Å². The molecule has 4 fully saturated rings. The number of carbonyl (C=O) groups is 4. The molecule has 0 radical (unpaired) electrons. The van der Waals surface area contributed by atoms with E-state index >= 15 is 0 Å². The highest BCUT2D eigenvalue weighted by Gasteiger charge is 2.64. The molecule has 2 aliphatic carbocycles. The summed E-state index contributed by atoms with van der Waals surface area (Å²) < 4.78 is 99.0. The van der Waals surface area contributed by atoms with E-state index in [0.29, 0.717) is 68.8 Å². The van der Waals surface area contributed by atoms with E-state index in [1.165, 1.54) is 7.11 Å². The number of alkyl carbamates (subject to hydrolysis) is 1. The number of ether oxygens (including phenoxy) is 3. The van der Waals surface area contributed by atoms with Gasteiger partial charge in [0.15, 0.2) is 0 Å². The third kappa shape index (κ3) is 9.34. The van der Waals surface area contributed by atoms with E-state index in [0.717, 1.165) is 17.7 Å². The summed E-state index contributed by atoms with van der Waals surface area (Å²) >= 11 is 0. The Labute approximate surface area is 363 Å². The van der Waals surface area contributed by atoms with Crippen molar-refractivity contribution in [3.63, 3.8) is 0 Å². The van der Waals surface area contributed by atoms with Gasteiger partial charge < -0.3 is 34.6 Å². The number of halogens is 4. The predicted molar refractivity (Wildman–Crippen MR) is 221 cm³/mol. The molecule has 3 N–H and O–H groups in total. The van der Waals surface area contributed by atoms with Gasteiger partial charge in [-0.15, -0.1) is 0 Å². The van der Waals surface area contributed by atoms with Gasteiger partial charge in [0.1, 0.15) is 40.9 Å². The van der Waals surface area contributed by atoms with Crippen LogP contribution in [0.4, 0.5) is 28.3 Å². The van der Waals surface area contributed by atoms with E-state index in [9.17, 15) is 45.2 Å². The molecule has 0 unspecified atom stereocenters. The van der Waals surface area contributed by atoms with Crippen molar-refractivity contribution in [2.24, 2.45) is 17.8 Å². The molecule has 16 nitrogen and oxygen atoms in total. The molecule has 346 valence electrons. The van der Waals surface area contributed by atoms with Crippen LogP contribution in [-0.4, -0.2) is 121 Å². The summed E-state index contributed by atoms with van der Waals surface area (Å²) in [6.07, 6.45) is -0.717. The fraction of sp³-hybridized carbons (Fsp3) is 0.667. The fourth-order valence-corrected chi connectivity index (χ4v) is 10.1. The number of alkyl halides is 4. The standard InChI is InChI=1S/C42H55F4N7O9S/c1-24-10-6-7-11-26-21-41(26,36(56)51-63(58,59)40(23-43)14-15-40)50-33(54)31-20-28(22-53(31)35(55)32(25(2)18-24)48-38(57)62-39(3,4)42(44,45)46)61-34-29-13-12-27(60-5)19-30(29)47-37(49-34)52-16-8-9-17-52/h7,11-13,19,24-26,28,31-32H,6,8-10,14-18,20-23H2,1-5H3,(H,48,57)(H,50,54)(H,51,56)/t24-,25+,26+,28+,31-,32-,41+/m0/s1. The largest absolute Gasteiger partial charge is 0.497 e. The summed E-state index contributed by atoms with van der Waals surface area (Å²) in [5.41, 5.74) is -4.19. The molecule has 2 saturated heterocycles. The Morgan fingerprint density at radius 3 is 2.43 bits per heavy atom. The molecule has 7 rings (SSSR count). The second kappa shape index (κ2) is 17.2. The number of anilines is 1. The lowest BCUT2D eigenvalue weighted by atomic mass is 9.88. The van der Waals surface area contributed by atoms with Gasteiger partial charge in [-0.2, -0.15) is 18.2 Å². The van der Waals surface area contributed by atoms with Gasteiger partial charge in [-0.25, -0.2) is 22.6 Å². The monoisotopic (exact) mass is 909 g/mol. The number of hydrogen-bond donors (Lipinski definition) is 3. The van der Waals surface area contributed by atoms with Crippen molar-refractivity contribution in [2.45, 2.75) is 126 Å². The predicted octanol–water partition coefficient (Wildman–Crippen LogP) is 4.86. The van der Waals surface area contributed by atoms with Crippen LogP contribution in [0.25, 0.3) is 10.9 Å². The van der Waals surface area contributed by atoms with Gasteiger partial charge in [0.05, 0.1) is 24.6 Å². The SMILES string of the molecule is COc1ccc2c(O[C@@H]3C[C@H]4C(=O)N[C@]5(C(=O)NS(=O)(=O)C6(CF)CC6)C[C@H]5C=CCC[C@H](C)C[C@@H](C)[C@H](NC(=O)OC(C)(C)C(F)(F)F)C(=O)N4C3)nc(N3CCCC3)nc2c1. The molecule has 2 saturated carbocycles. The normalized spacial score (nSPS) is 28.8. The summed E-state index contributed by atoms with van der Waals surface area (Å²) in [5.74, 6) is -3.06. The molecule has 63 heavy (non-hydrogen) atoms. The number of fused-ring (bicyclic) bond motifs is 3. The van der Waals surface area contributed by atoms with E-state index in [-0.39, 0.29) is 44.0 Å². The topological polar surface area (TPSA) is 198 Å². The average molecular weight is 910 g/mol. The number of sulfonamides is 1. The number of hydrogen-bond acceptors (Lipinski definition) is 12. The first-order valence-electron chi connectivity index (χ1n) is 21.4. The molecule has 0 bridgehead atoms. The van der Waals surface area contributed by atoms with Crippen LogP contribution in [0.2, 0.25) is 0 Å². The highest BCUT2D eigenvalue weighted by molar-refractivity contribution is 7.91. The third-order valence-corrected chi connectivity index (χ3v) is 15.2. The van der Waals surface area contributed by atoms with Crippen LogP contribution in [0.15, 0.2) is 30.4 Å². The number of nitrogens with zero attached hydrogens (tertiary/aromatic N) is 4. The highest BCUT2D eigenvalue weighted by atomic mass is 32.2. The zero-order valence-corrected chi connectivity index (χ0v) is 36.7. The summed E-state index contributed by atoms with van der Waals surface area (Å²) in [6, 6.07) is 2.25. The second-order valence-electron chi connectivity index (χ2n) is 18.3. The van der Waals surface area contributed by atoms with Crippen LogP contribution < -0.4 is 29.7 Å². The van der Waals surface area contributed by atoms with Gasteiger partial charge >= 0.3 is 12.3 Å². The van der Waals surface area contributed by atoms with Crippen molar-refractivity contribution < 1.29 is 59.4 Å². The van der Waals surface area contributed by atoms with Crippen LogP contribution in [-0.2, 0) is 29.1 Å². The maximum absolute atomic E-state index is 14.9. The van der Waals surface area contributed by atoms with Crippen molar-refractivity contribution in [1.29, 1.82) is 0 Å². The van der Waals surface area contributed by atoms with Gasteiger partial charge in [0, 0.05) is 31.5 Å². The Hall–Kier alpha value is -4.95. The van der Waals surface area contributed by atoms with Gasteiger partial charge in [-0.1, -0.05) is 26.0 Å². The first kappa shape index (κ1) is 46.1. The van der Waals surface area contributed by atoms with Crippen molar-refractivity contribution in [1.82, 2.24) is 30.2 Å². The summed E-state index contributed by atoms with van der Waals surface area (Å²) in [5, 5.41) is 5.63. The second-order valence-corrected chi connectivity index (χ2v) is 20.3. The molecule has 3 aliphatic heterocycles. The Bertz CT molecular complexity index is 2250. The van der Waals surface area contributed by atoms with Crippen molar-refractivity contribution >= 4 is 50.7 Å². The van der Waals surface area contributed by atoms with E-state index in [1.54, 1.807) is 31.2 Å². The quantitative estimate of drug-likeness (QED) is 0.217. The highest BCUT2D eigenvalue weighted by Crippen LogP contribution is 2.48. The van der Waals surface area contributed by atoms with E-state index in [4.69, 9.17) is 24.2 Å². The lowest BCUT2D eigenvalue weighted by Gasteiger charge is -2.34. The molecule has 4 heterocycles. The molecule has 5 aliphatic rings. The minimum Gasteiger partial charge on any atom is -0.497 e. The Balaban J connectivity index is 1.25. The number of nitrogens with one attached hydrogen (secondary N) is 3. The number of carbonyl (C=O) groups excluding carboxylic acids is 4. The van der Waals surface area contributed by atoms with Crippen LogP contribution >= 0.6 is 0 Å². The number of allylic oxidation sites excluding steroid dienone is 1. The maximum Gasteiger partial charge on any atom is 0.427 e. The van der Waals surface area contributed by atoms with Gasteiger partial charge in [0.25, 0.3) is 5.91 Å². The Kier molecular flexibility index (Phi) is 12.6. The lowest BCUT2D eigenvalue weighted by molar-refractivity contribution is -0.244. The smallest absolute Gasteiger partial charge is 0.427 e. The number of benzene rings is 1. The summed E-state index contributed by atoms with van der Waals surface area (Å²) in [4.78, 5) is 69.5. The maximum atomic E-state index is 14.9. The van der Waals surface area contributed by atoms with Crippen LogP contribution in [0.1, 0.15) is 85.5 Å². The molecule has 1 aromatic heterocycles. The summed E-state index contributed by atoms with van der Waals surface area (Å²) in [7, 11) is -2.96. The molecule has 2 aromatic rings. The number of amides is 4. The van der Waals surface area contributed by atoms with E-state index < -0.39 is 92.6 Å². The van der Waals surface area contributed by atoms with E-state index in [2.05, 4.69) is 10.6 Å². The fourth-order valence-electron chi connectivity index (χ4n) is 8.70. The first-order valence-corrected chi connectivity index (χ1v) is 22.9. The van der Waals surface area contributed by atoms with Gasteiger partial charge in [-0.3, -0.25) is 19.1 Å². The number of rotatable bonds is 10. The van der Waals surface area contributed by atoms with Crippen molar-refractivity contribution in [2.75, 3.05) is 38.3 Å². The Morgan fingerprint density at radius 2 is 1.78 bits per heavy atom. The number of methoxy groups -OCH3 is 1. The zero-order valence-electron chi connectivity index (χ0n) is 35.9. The first-order chi connectivity index (χ1) is 29.6. The average Bonchev–Trinajstić information content (AvgIpc) is 4.03. The molecule has 21 heteroatoms. The molecule has 7 atom stereocenters. The van der Waals surface area contributed by atoms with Crippen LogP contribution in [0.3, 0.4) is 0 Å². The molecule has 4 amide bonds. The Morgan fingerprint density at radius 1 is 1.06 bits per heavy atom. The zero-order chi connectivity index (χ0) is 45.7. The molecular weight excluding hydrogens is 855 g/mol. The number of aromatic nitrogens is 2. The van der Waals surface area contributed by atoms with Crippen LogP contribution in [0, 0.1) is 17.8 Å². The molecule has 0 spiro atoms. The van der Waals surface area contributed by atoms with Gasteiger partial charge in [-0.05, 0) is 89.2 Å². The molecular formula is C42H55F4N7O9S. The minimum atomic E-state index is -4.94. The molecule has 1 aromatic carbocycles. The third-order valence-electron chi connectivity index (χ3n) is 13.1. The minimum absolute atomic E-state index is 0.00702. The lowest BCUT2D eigenvalue weighted by Crippen LogP contribution is -2.60. The summed E-state index contributed by atoms with van der Waals surface area (Å²) in [6.45, 7) is 4.90. The van der Waals surface area contributed by atoms with E-state index in [1.807, 2.05) is 22.6 Å². The van der Waals surface area contributed by atoms with Crippen LogP contribution in [0.5, 0.6) is 11.6 Å².